The molecule has 0 amide bonds. The van der Waals surface area contributed by atoms with Gasteiger partial charge in [0.1, 0.15) is 18.4 Å². The average Bonchev–Trinajstić information content (AvgIpc) is 3.09. The Bertz CT molecular complexity index is 857. The third kappa shape index (κ3) is 2.79. The molecule has 2 N–H and O–H groups in total. The molecular weight excluding hydrogens is 349 g/mol. The summed E-state index contributed by atoms with van der Waals surface area (Å²) in [6.45, 7) is 5.97. The van der Waals surface area contributed by atoms with Gasteiger partial charge >= 0.3 is 7.60 Å². The zero-order valence-corrected chi connectivity index (χ0v) is 15.1. The summed E-state index contributed by atoms with van der Waals surface area (Å²) in [6, 6.07) is 0. The third-order valence-corrected chi connectivity index (χ3v) is 5.64. The predicted octanol–water partition coefficient (Wildman–Crippen LogP) is 1.58. The van der Waals surface area contributed by atoms with E-state index in [0.29, 0.717) is 23.7 Å². The molecule has 11 heteroatoms. The highest BCUT2D eigenvalue weighted by Crippen LogP contribution is 2.54. The Labute approximate surface area is 144 Å². The molecule has 0 bridgehead atoms. The van der Waals surface area contributed by atoms with Crippen molar-refractivity contribution in [3.63, 3.8) is 0 Å². The van der Waals surface area contributed by atoms with E-state index in [0.717, 1.165) is 0 Å². The van der Waals surface area contributed by atoms with Gasteiger partial charge in [0.05, 0.1) is 19.5 Å². The molecule has 2 aromatic heterocycles. The van der Waals surface area contributed by atoms with E-state index < -0.39 is 13.8 Å². The maximum absolute atomic E-state index is 12.1. The normalized spacial score (nSPS) is 35.0. The Balaban J connectivity index is 1.72. The highest BCUT2D eigenvalue weighted by molar-refractivity contribution is 7.53. The number of ether oxygens (including phenoxy) is 2. The van der Waals surface area contributed by atoms with Gasteiger partial charge in [-0.05, 0) is 6.92 Å². The van der Waals surface area contributed by atoms with Crippen molar-refractivity contribution in [2.45, 2.75) is 32.3 Å². The van der Waals surface area contributed by atoms with E-state index in [2.05, 4.69) is 15.0 Å². The van der Waals surface area contributed by atoms with Crippen LogP contribution in [-0.2, 0) is 18.3 Å². The van der Waals surface area contributed by atoms with E-state index in [4.69, 9.17) is 24.3 Å². The van der Waals surface area contributed by atoms with Gasteiger partial charge in [-0.25, -0.2) is 4.98 Å². The van der Waals surface area contributed by atoms with Crippen LogP contribution in [0.3, 0.4) is 0 Å². The second-order valence-electron chi connectivity index (χ2n) is 6.21. The first-order valence-electron chi connectivity index (χ1n) is 8.08. The second kappa shape index (κ2) is 5.91. The molecule has 4 heterocycles. The molecule has 0 radical (unpaired) electrons. The van der Waals surface area contributed by atoms with E-state index in [9.17, 15) is 4.57 Å². The Morgan fingerprint density at radius 1 is 1.48 bits per heavy atom. The lowest BCUT2D eigenvalue weighted by molar-refractivity contribution is -0.0562. The molecule has 0 aromatic carbocycles. The molecule has 5 atom stereocenters. The van der Waals surface area contributed by atoms with Gasteiger partial charge in [-0.2, -0.15) is 9.97 Å². The number of rotatable bonds is 3. The summed E-state index contributed by atoms with van der Waals surface area (Å²) in [4.78, 5) is 12.7. The summed E-state index contributed by atoms with van der Waals surface area (Å²) < 4.78 is 36.4. The van der Waals surface area contributed by atoms with Crippen LogP contribution < -0.4 is 10.5 Å². The predicted molar refractivity (Wildman–Crippen MR) is 88.3 cm³/mol. The van der Waals surface area contributed by atoms with Crippen LogP contribution in [0.5, 0.6) is 5.88 Å². The highest BCUT2D eigenvalue weighted by Gasteiger charge is 2.50. The van der Waals surface area contributed by atoms with Crippen molar-refractivity contribution < 1.29 is 23.1 Å². The van der Waals surface area contributed by atoms with Crippen LogP contribution in [0.4, 0.5) is 5.95 Å². The number of fused-ring (bicyclic) bond motifs is 2. The monoisotopic (exact) mass is 369 g/mol. The van der Waals surface area contributed by atoms with Crippen molar-refractivity contribution in [2.24, 2.45) is 5.92 Å². The second-order valence-corrected chi connectivity index (χ2v) is 8.22. The molecule has 0 aliphatic carbocycles. The minimum absolute atomic E-state index is 0.0775. The number of hydrogen-bond donors (Lipinski definition) is 1. The molecule has 0 spiro atoms. The highest BCUT2D eigenvalue weighted by atomic mass is 31.2. The Morgan fingerprint density at radius 2 is 2.28 bits per heavy atom. The van der Waals surface area contributed by atoms with Gasteiger partial charge < -0.3 is 24.3 Å². The standard InChI is InChI=1S/C14H20N5O5P/c1-4-21-12-9-11(17-14(15)18-12)19(6-16-9)13-7(2)10-8(23-13)5-22-25(3,20)24-10/h6-8,10,13H,4-5H2,1-3H3,(H2,15,17,18)/t7-,8+,10-,13+,25?/m0/s1. The summed E-state index contributed by atoms with van der Waals surface area (Å²) in [7, 11) is -3.04. The maximum Gasteiger partial charge on any atom is 0.328 e. The van der Waals surface area contributed by atoms with E-state index in [1.54, 1.807) is 10.9 Å². The fourth-order valence-electron chi connectivity index (χ4n) is 3.29. The Morgan fingerprint density at radius 3 is 3.04 bits per heavy atom. The zero-order valence-electron chi connectivity index (χ0n) is 14.2. The van der Waals surface area contributed by atoms with Crippen molar-refractivity contribution in [2.75, 3.05) is 25.6 Å². The Kier molecular flexibility index (Phi) is 3.95. The first-order valence-corrected chi connectivity index (χ1v) is 10.1. The van der Waals surface area contributed by atoms with E-state index >= 15 is 0 Å². The van der Waals surface area contributed by atoms with E-state index in [-0.39, 0.29) is 30.7 Å². The van der Waals surface area contributed by atoms with Crippen LogP contribution in [0.15, 0.2) is 6.33 Å². The number of nitrogens with zero attached hydrogens (tertiary/aromatic N) is 4. The van der Waals surface area contributed by atoms with Crippen molar-refractivity contribution in [3.8, 4) is 5.88 Å². The van der Waals surface area contributed by atoms with Crippen LogP contribution in [0.2, 0.25) is 0 Å². The molecule has 0 saturated carbocycles. The molecule has 2 aliphatic rings. The minimum atomic E-state index is -3.04. The molecule has 25 heavy (non-hydrogen) atoms. The summed E-state index contributed by atoms with van der Waals surface area (Å²) in [6.07, 6.45) is 0.597. The smallest absolute Gasteiger partial charge is 0.328 e. The molecule has 1 unspecified atom stereocenters. The topological polar surface area (TPSA) is 124 Å². The van der Waals surface area contributed by atoms with Gasteiger partial charge in [-0.3, -0.25) is 9.13 Å². The quantitative estimate of drug-likeness (QED) is 0.803. The van der Waals surface area contributed by atoms with E-state index in [1.807, 2.05) is 13.8 Å². The zero-order chi connectivity index (χ0) is 17.8. The molecule has 2 aromatic rings. The first-order chi connectivity index (χ1) is 11.9. The average molecular weight is 369 g/mol. The lowest BCUT2D eigenvalue weighted by Crippen LogP contribution is -2.35. The van der Waals surface area contributed by atoms with Crippen LogP contribution >= 0.6 is 7.60 Å². The van der Waals surface area contributed by atoms with Crippen molar-refractivity contribution in [1.82, 2.24) is 19.5 Å². The number of nitrogen functional groups attached to an aromatic ring is 1. The van der Waals surface area contributed by atoms with Crippen LogP contribution in [0.1, 0.15) is 20.1 Å². The molecule has 4 rings (SSSR count). The summed E-state index contributed by atoms with van der Waals surface area (Å²) in [5.41, 5.74) is 6.84. The number of imidazole rings is 1. The molecule has 136 valence electrons. The number of anilines is 1. The van der Waals surface area contributed by atoms with Gasteiger partial charge in [-0.1, -0.05) is 6.92 Å². The summed E-state index contributed by atoms with van der Waals surface area (Å²) in [5, 5.41) is 0. The number of aromatic nitrogens is 4. The first kappa shape index (κ1) is 16.7. The van der Waals surface area contributed by atoms with Crippen LogP contribution in [-0.4, -0.2) is 51.6 Å². The van der Waals surface area contributed by atoms with Crippen molar-refractivity contribution in [3.05, 3.63) is 6.33 Å². The lowest BCUT2D eigenvalue weighted by atomic mass is 10.0. The van der Waals surface area contributed by atoms with Crippen LogP contribution in [0.25, 0.3) is 11.2 Å². The summed E-state index contributed by atoms with van der Waals surface area (Å²) in [5.74, 6) is 0.356. The maximum atomic E-state index is 12.1. The number of hydrogen-bond acceptors (Lipinski definition) is 9. The largest absolute Gasteiger partial charge is 0.476 e. The minimum Gasteiger partial charge on any atom is -0.476 e. The van der Waals surface area contributed by atoms with Gasteiger partial charge in [0.25, 0.3) is 0 Å². The molecule has 2 saturated heterocycles. The fraction of sp³-hybridized carbons (Fsp3) is 0.643. The van der Waals surface area contributed by atoms with Gasteiger partial charge in [0.15, 0.2) is 11.2 Å². The van der Waals surface area contributed by atoms with Crippen molar-refractivity contribution >= 4 is 24.7 Å². The molecule has 2 fully saturated rings. The van der Waals surface area contributed by atoms with Gasteiger partial charge in [-0.15, -0.1) is 0 Å². The molecule has 10 nitrogen and oxygen atoms in total. The number of nitrogens with two attached hydrogens (primary N) is 1. The molecule has 2 aliphatic heterocycles. The van der Waals surface area contributed by atoms with Crippen LogP contribution in [0, 0.1) is 5.92 Å². The SMILES string of the molecule is CCOc1nc(N)nc2c1ncn2[C@@H]1O[C@@H]2COP(C)(=O)O[C@H]2[C@@H]1C. The van der Waals surface area contributed by atoms with Gasteiger partial charge in [0, 0.05) is 12.6 Å². The Hall–Kier alpha value is -1.74. The lowest BCUT2D eigenvalue weighted by Gasteiger charge is -2.30. The fourth-order valence-corrected chi connectivity index (χ4v) is 4.54. The summed E-state index contributed by atoms with van der Waals surface area (Å²) >= 11 is 0. The molecular formula is C14H20N5O5P. The van der Waals surface area contributed by atoms with Gasteiger partial charge in [0.2, 0.25) is 11.8 Å². The van der Waals surface area contributed by atoms with E-state index in [1.165, 1.54) is 6.66 Å². The third-order valence-electron chi connectivity index (χ3n) is 4.40. The van der Waals surface area contributed by atoms with Crippen molar-refractivity contribution in [1.29, 1.82) is 0 Å².